The molecule has 0 N–H and O–H groups in total. The molecule has 16 heavy (non-hydrogen) atoms. The number of ether oxygens (including phenoxy) is 1. The van der Waals surface area contributed by atoms with E-state index < -0.39 is 17.9 Å². The predicted molar refractivity (Wildman–Crippen MR) is 57.1 cm³/mol. The van der Waals surface area contributed by atoms with Crippen LogP contribution in [0.25, 0.3) is 0 Å². The smallest absolute Gasteiger partial charge is 0.348 e. The van der Waals surface area contributed by atoms with Gasteiger partial charge >= 0.3 is 5.97 Å². The Balaban J connectivity index is 2.84. The molecule has 86 valence electrons. The van der Waals surface area contributed by atoms with Crippen molar-refractivity contribution in [3.05, 3.63) is 35.4 Å². The minimum atomic E-state index is -2.24. The molecule has 1 aromatic rings. The average molecular weight is 224 g/mol. The van der Waals surface area contributed by atoms with Gasteiger partial charge in [0.1, 0.15) is 0 Å². The van der Waals surface area contributed by atoms with E-state index in [9.17, 15) is 14.0 Å². The SMILES string of the molecule is CCc1ccc(C(=O)C(F)C(=O)OC)cc1. The zero-order valence-corrected chi connectivity index (χ0v) is 9.20. The Morgan fingerprint density at radius 1 is 1.31 bits per heavy atom. The first kappa shape index (κ1) is 12.4. The van der Waals surface area contributed by atoms with Gasteiger partial charge in [0.15, 0.2) is 0 Å². The van der Waals surface area contributed by atoms with Gasteiger partial charge in [-0.05, 0) is 12.0 Å². The van der Waals surface area contributed by atoms with Gasteiger partial charge < -0.3 is 4.74 Å². The first-order chi connectivity index (χ1) is 7.60. The summed E-state index contributed by atoms with van der Waals surface area (Å²) in [6, 6.07) is 6.49. The van der Waals surface area contributed by atoms with Crippen molar-refractivity contribution in [1.82, 2.24) is 0 Å². The van der Waals surface area contributed by atoms with Crippen LogP contribution in [0.15, 0.2) is 24.3 Å². The quantitative estimate of drug-likeness (QED) is 0.446. The van der Waals surface area contributed by atoms with Gasteiger partial charge in [0.25, 0.3) is 6.17 Å². The summed E-state index contributed by atoms with van der Waals surface area (Å²) in [6.45, 7) is 1.98. The Hall–Kier alpha value is -1.71. The van der Waals surface area contributed by atoms with Crippen LogP contribution in [0.5, 0.6) is 0 Å². The summed E-state index contributed by atoms with van der Waals surface area (Å²) >= 11 is 0. The highest BCUT2D eigenvalue weighted by Gasteiger charge is 2.27. The lowest BCUT2D eigenvalue weighted by Crippen LogP contribution is -2.26. The van der Waals surface area contributed by atoms with Crippen LogP contribution in [0.1, 0.15) is 22.8 Å². The van der Waals surface area contributed by atoms with Crippen molar-refractivity contribution in [3.63, 3.8) is 0 Å². The molecule has 0 spiro atoms. The van der Waals surface area contributed by atoms with Crippen molar-refractivity contribution >= 4 is 11.8 Å². The van der Waals surface area contributed by atoms with Gasteiger partial charge in [-0.1, -0.05) is 31.2 Å². The monoisotopic (exact) mass is 224 g/mol. The number of aryl methyl sites for hydroxylation is 1. The van der Waals surface area contributed by atoms with E-state index in [-0.39, 0.29) is 5.56 Å². The van der Waals surface area contributed by atoms with E-state index in [0.29, 0.717) is 0 Å². The number of Topliss-reactive ketones (excluding diaryl/α,β-unsaturated/α-hetero) is 1. The summed E-state index contributed by atoms with van der Waals surface area (Å²) in [7, 11) is 1.04. The number of benzene rings is 1. The molecule has 4 heteroatoms. The molecule has 0 radical (unpaired) electrons. The van der Waals surface area contributed by atoms with Crippen LogP contribution in [0.2, 0.25) is 0 Å². The number of halogens is 1. The maximum absolute atomic E-state index is 13.2. The maximum atomic E-state index is 13.2. The first-order valence-electron chi connectivity index (χ1n) is 4.95. The van der Waals surface area contributed by atoms with E-state index >= 15 is 0 Å². The number of hydrogen-bond acceptors (Lipinski definition) is 3. The number of ketones is 1. The van der Waals surface area contributed by atoms with Gasteiger partial charge in [-0.15, -0.1) is 0 Å². The Morgan fingerprint density at radius 2 is 1.88 bits per heavy atom. The summed E-state index contributed by atoms with van der Waals surface area (Å²) < 4.78 is 17.4. The molecular weight excluding hydrogens is 211 g/mol. The summed E-state index contributed by atoms with van der Waals surface area (Å²) in [5, 5.41) is 0. The van der Waals surface area contributed by atoms with E-state index in [1.165, 1.54) is 12.1 Å². The molecule has 0 aliphatic heterocycles. The van der Waals surface area contributed by atoms with Gasteiger partial charge in [-0.25, -0.2) is 9.18 Å². The van der Waals surface area contributed by atoms with Gasteiger partial charge in [0, 0.05) is 5.56 Å². The fourth-order valence-corrected chi connectivity index (χ4v) is 1.26. The fourth-order valence-electron chi connectivity index (χ4n) is 1.26. The van der Waals surface area contributed by atoms with Gasteiger partial charge in [0.2, 0.25) is 5.78 Å². The highest BCUT2D eigenvalue weighted by atomic mass is 19.1. The Bertz CT molecular complexity index is 384. The Labute approximate surface area is 93.2 Å². The molecule has 3 nitrogen and oxygen atoms in total. The lowest BCUT2D eigenvalue weighted by molar-refractivity contribution is -0.144. The molecule has 0 saturated heterocycles. The zero-order chi connectivity index (χ0) is 12.1. The van der Waals surface area contributed by atoms with Gasteiger partial charge in [-0.2, -0.15) is 0 Å². The summed E-state index contributed by atoms with van der Waals surface area (Å²) in [6.07, 6.45) is -1.40. The molecule has 0 bridgehead atoms. The second-order valence-electron chi connectivity index (χ2n) is 3.30. The number of carbonyl (C=O) groups is 2. The van der Waals surface area contributed by atoms with Crippen LogP contribution in [0, 0.1) is 0 Å². The number of alkyl halides is 1. The molecule has 0 amide bonds. The molecule has 0 heterocycles. The van der Waals surface area contributed by atoms with E-state index in [0.717, 1.165) is 19.1 Å². The molecule has 1 atom stereocenters. The van der Waals surface area contributed by atoms with Crippen LogP contribution in [-0.4, -0.2) is 25.0 Å². The standard InChI is InChI=1S/C12H13FO3/c1-3-8-4-6-9(7-5-8)11(14)10(13)12(15)16-2/h4-7,10H,3H2,1-2H3. The number of esters is 1. The van der Waals surface area contributed by atoms with Crippen LogP contribution in [0.3, 0.4) is 0 Å². The van der Waals surface area contributed by atoms with Crippen LogP contribution in [-0.2, 0) is 16.0 Å². The van der Waals surface area contributed by atoms with Crippen LogP contribution < -0.4 is 0 Å². The minimum Gasteiger partial charge on any atom is -0.467 e. The van der Waals surface area contributed by atoms with E-state index in [4.69, 9.17) is 0 Å². The van der Waals surface area contributed by atoms with Crippen molar-refractivity contribution in [2.45, 2.75) is 19.5 Å². The molecular formula is C12H13FO3. The van der Waals surface area contributed by atoms with Gasteiger partial charge in [-0.3, -0.25) is 4.79 Å². The molecule has 1 aromatic carbocycles. The normalized spacial score (nSPS) is 11.9. The zero-order valence-electron chi connectivity index (χ0n) is 9.20. The molecule has 0 aromatic heterocycles. The molecule has 0 aliphatic rings. The van der Waals surface area contributed by atoms with E-state index in [2.05, 4.69) is 4.74 Å². The molecule has 1 rings (SSSR count). The van der Waals surface area contributed by atoms with Crippen LogP contribution >= 0.6 is 0 Å². The number of methoxy groups -OCH3 is 1. The molecule has 0 aliphatic carbocycles. The Kier molecular flexibility index (Phi) is 4.17. The third-order valence-electron chi connectivity index (χ3n) is 2.29. The summed E-state index contributed by atoms with van der Waals surface area (Å²) in [4.78, 5) is 22.3. The molecule has 1 unspecified atom stereocenters. The summed E-state index contributed by atoms with van der Waals surface area (Å²) in [5.74, 6) is -2.03. The third kappa shape index (κ3) is 2.66. The number of hydrogen-bond donors (Lipinski definition) is 0. The largest absolute Gasteiger partial charge is 0.467 e. The van der Waals surface area contributed by atoms with Crippen molar-refractivity contribution in [3.8, 4) is 0 Å². The van der Waals surface area contributed by atoms with Crippen molar-refractivity contribution < 1.29 is 18.7 Å². The second-order valence-corrected chi connectivity index (χ2v) is 3.30. The second kappa shape index (κ2) is 5.39. The van der Waals surface area contributed by atoms with Gasteiger partial charge in [0.05, 0.1) is 7.11 Å². The number of rotatable bonds is 4. The van der Waals surface area contributed by atoms with E-state index in [1.807, 2.05) is 6.92 Å². The van der Waals surface area contributed by atoms with Crippen molar-refractivity contribution in [1.29, 1.82) is 0 Å². The lowest BCUT2D eigenvalue weighted by Gasteiger charge is -2.05. The minimum absolute atomic E-state index is 0.176. The average Bonchev–Trinajstić information content (AvgIpc) is 2.36. The summed E-state index contributed by atoms with van der Waals surface area (Å²) in [5.41, 5.74) is 1.22. The third-order valence-corrected chi connectivity index (χ3v) is 2.29. The highest BCUT2D eigenvalue weighted by molar-refractivity contribution is 6.11. The lowest BCUT2D eigenvalue weighted by atomic mass is 10.0. The molecule has 0 fully saturated rings. The fraction of sp³-hybridized carbons (Fsp3) is 0.333. The molecule has 0 saturated carbocycles. The van der Waals surface area contributed by atoms with Crippen LogP contribution in [0.4, 0.5) is 4.39 Å². The highest BCUT2D eigenvalue weighted by Crippen LogP contribution is 2.10. The predicted octanol–water partition coefficient (Wildman–Crippen LogP) is 1.94. The van der Waals surface area contributed by atoms with Crippen molar-refractivity contribution in [2.75, 3.05) is 7.11 Å². The maximum Gasteiger partial charge on any atom is 0.348 e. The Morgan fingerprint density at radius 3 is 2.31 bits per heavy atom. The first-order valence-corrected chi connectivity index (χ1v) is 4.95. The number of carbonyl (C=O) groups excluding carboxylic acids is 2. The van der Waals surface area contributed by atoms with Crippen molar-refractivity contribution in [2.24, 2.45) is 0 Å². The van der Waals surface area contributed by atoms with E-state index in [1.54, 1.807) is 12.1 Å². The topological polar surface area (TPSA) is 43.4 Å².